The molecule has 0 spiro atoms. The average molecular weight is 687 g/mol. The fourth-order valence-electron chi connectivity index (χ4n) is 9.17. The number of hydrogen-bond donors (Lipinski definition) is 0. The molecule has 0 aliphatic rings. The van der Waals surface area contributed by atoms with Crippen LogP contribution < -0.4 is 0 Å². The van der Waals surface area contributed by atoms with E-state index in [4.69, 9.17) is 8.83 Å². The second-order valence-electron chi connectivity index (χ2n) is 14.3. The molecule has 0 aliphatic heterocycles. The molecule has 0 amide bonds. The van der Waals surface area contributed by atoms with Crippen LogP contribution in [0.25, 0.3) is 120 Å². The molecular weight excluding hydrogens is 657 g/mol. The Bertz CT molecular complexity index is 3430. The van der Waals surface area contributed by atoms with Gasteiger partial charge in [-0.05, 0) is 89.3 Å². The number of furan rings is 2. The molecule has 0 radical (unpaired) electrons. The summed E-state index contributed by atoms with van der Waals surface area (Å²) in [7, 11) is 0. The summed E-state index contributed by atoms with van der Waals surface area (Å²) in [5.41, 5.74) is 10.8. The van der Waals surface area contributed by atoms with Gasteiger partial charge in [0.1, 0.15) is 22.3 Å². The van der Waals surface area contributed by atoms with E-state index in [-0.39, 0.29) is 0 Å². The molecule has 0 saturated heterocycles. The highest BCUT2D eigenvalue weighted by molar-refractivity contribution is 6.34. The van der Waals surface area contributed by atoms with Gasteiger partial charge in [0.05, 0.1) is 5.39 Å². The Hall–Kier alpha value is -7.16. The van der Waals surface area contributed by atoms with E-state index in [0.717, 1.165) is 60.2 Å². The maximum absolute atomic E-state index is 6.82. The Morgan fingerprint density at radius 3 is 1.46 bits per heavy atom. The van der Waals surface area contributed by atoms with Crippen LogP contribution in [0.3, 0.4) is 0 Å². The van der Waals surface area contributed by atoms with E-state index in [1.54, 1.807) is 0 Å². The molecule has 0 bridgehead atoms. The standard InChI is InChI=1S/C52H30O2/c1-2-14-31(15-3-1)47-36-18-6-8-20-38(36)48(39-21-9-7-19-37(39)47)41-29-28-33(34-16-4-5-17-35(34)41)32-26-27-44-46(30-32)54-51-42-23-11-10-22-40(42)49-43-24-12-13-25-45(43)53-52(49)50(44)51/h1-30H. The number of para-hydroxylation sites is 1. The van der Waals surface area contributed by atoms with Crippen LogP contribution in [0.15, 0.2) is 191 Å². The highest BCUT2D eigenvalue weighted by Gasteiger charge is 2.22. The molecule has 0 unspecified atom stereocenters. The quantitative estimate of drug-likeness (QED) is 0.173. The highest BCUT2D eigenvalue weighted by atomic mass is 16.3. The summed E-state index contributed by atoms with van der Waals surface area (Å²) in [6.07, 6.45) is 0. The van der Waals surface area contributed by atoms with Gasteiger partial charge >= 0.3 is 0 Å². The van der Waals surface area contributed by atoms with E-state index in [0.29, 0.717) is 0 Å². The first kappa shape index (κ1) is 29.4. The summed E-state index contributed by atoms with van der Waals surface area (Å²) in [6, 6.07) is 65.5. The zero-order chi connectivity index (χ0) is 35.3. The first-order valence-electron chi connectivity index (χ1n) is 18.5. The lowest BCUT2D eigenvalue weighted by molar-refractivity contribution is 0.665. The summed E-state index contributed by atoms with van der Waals surface area (Å²) < 4.78 is 13.4. The lowest BCUT2D eigenvalue weighted by Crippen LogP contribution is -1.92. The van der Waals surface area contributed by atoms with Crippen molar-refractivity contribution in [1.82, 2.24) is 0 Å². The van der Waals surface area contributed by atoms with Crippen LogP contribution in [0.4, 0.5) is 0 Å². The molecule has 2 aromatic heterocycles. The van der Waals surface area contributed by atoms with Gasteiger partial charge in [-0.3, -0.25) is 0 Å². The highest BCUT2D eigenvalue weighted by Crippen LogP contribution is 2.48. The fourth-order valence-corrected chi connectivity index (χ4v) is 9.17. The van der Waals surface area contributed by atoms with Crippen molar-refractivity contribution >= 4 is 87.0 Å². The van der Waals surface area contributed by atoms with Crippen molar-refractivity contribution in [3.63, 3.8) is 0 Å². The molecule has 0 N–H and O–H groups in total. The first-order chi connectivity index (χ1) is 26.8. The molecule has 0 fully saturated rings. The summed E-state index contributed by atoms with van der Waals surface area (Å²) in [6.45, 7) is 0. The minimum Gasteiger partial charge on any atom is -0.455 e. The molecule has 12 rings (SSSR count). The third kappa shape index (κ3) is 4.05. The van der Waals surface area contributed by atoms with E-state index < -0.39 is 0 Å². The molecule has 2 heterocycles. The Kier molecular flexibility index (Phi) is 6.09. The molecule has 0 saturated carbocycles. The van der Waals surface area contributed by atoms with Gasteiger partial charge in [-0.15, -0.1) is 0 Å². The Morgan fingerprint density at radius 2 is 0.759 bits per heavy atom. The second-order valence-corrected chi connectivity index (χ2v) is 14.3. The van der Waals surface area contributed by atoms with Gasteiger partial charge in [0.25, 0.3) is 0 Å². The van der Waals surface area contributed by atoms with Crippen LogP contribution >= 0.6 is 0 Å². The van der Waals surface area contributed by atoms with E-state index in [1.165, 1.54) is 60.1 Å². The predicted molar refractivity (Wildman–Crippen MR) is 227 cm³/mol. The van der Waals surface area contributed by atoms with E-state index in [1.807, 2.05) is 12.1 Å². The first-order valence-corrected chi connectivity index (χ1v) is 18.5. The number of benzene rings is 10. The molecular formula is C52H30O2. The van der Waals surface area contributed by atoms with E-state index in [9.17, 15) is 0 Å². The van der Waals surface area contributed by atoms with Crippen LogP contribution in [-0.2, 0) is 0 Å². The van der Waals surface area contributed by atoms with Crippen molar-refractivity contribution in [3.8, 4) is 33.4 Å². The largest absolute Gasteiger partial charge is 0.455 e. The van der Waals surface area contributed by atoms with Gasteiger partial charge in [0.15, 0.2) is 0 Å². The average Bonchev–Trinajstić information content (AvgIpc) is 3.82. The molecule has 10 aromatic carbocycles. The Balaban J connectivity index is 1.10. The maximum Gasteiger partial charge on any atom is 0.147 e. The van der Waals surface area contributed by atoms with Gasteiger partial charge in [-0.25, -0.2) is 0 Å². The molecule has 12 aromatic rings. The minimum absolute atomic E-state index is 0.849. The third-order valence-electron chi connectivity index (χ3n) is 11.5. The van der Waals surface area contributed by atoms with Crippen LogP contribution in [0.1, 0.15) is 0 Å². The van der Waals surface area contributed by atoms with Crippen molar-refractivity contribution in [2.75, 3.05) is 0 Å². The normalized spacial score (nSPS) is 12.1. The molecule has 54 heavy (non-hydrogen) atoms. The van der Waals surface area contributed by atoms with Crippen molar-refractivity contribution in [1.29, 1.82) is 0 Å². The zero-order valence-electron chi connectivity index (χ0n) is 29.1. The van der Waals surface area contributed by atoms with Crippen LogP contribution in [0, 0.1) is 0 Å². The van der Waals surface area contributed by atoms with E-state index in [2.05, 4.69) is 170 Å². The minimum atomic E-state index is 0.849. The van der Waals surface area contributed by atoms with Gasteiger partial charge in [-0.1, -0.05) is 164 Å². The molecule has 250 valence electrons. The lowest BCUT2D eigenvalue weighted by Gasteiger charge is -2.19. The number of rotatable bonds is 3. The van der Waals surface area contributed by atoms with Gasteiger partial charge in [0.2, 0.25) is 0 Å². The predicted octanol–water partition coefficient (Wildman–Crippen LogP) is 15.1. The van der Waals surface area contributed by atoms with Crippen molar-refractivity contribution in [2.24, 2.45) is 0 Å². The fraction of sp³-hybridized carbons (Fsp3) is 0. The zero-order valence-corrected chi connectivity index (χ0v) is 29.1. The van der Waals surface area contributed by atoms with Crippen molar-refractivity contribution in [3.05, 3.63) is 182 Å². The number of hydrogen-bond acceptors (Lipinski definition) is 2. The number of fused-ring (bicyclic) bond motifs is 13. The van der Waals surface area contributed by atoms with Gasteiger partial charge in [-0.2, -0.15) is 0 Å². The summed E-state index contributed by atoms with van der Waals surface area (Å²) in [5.74, 6) is 0. The molecule has 0 aliphatic carbocycles. The Labute approximate surface area is 310 Å². The van der Waals surface area contributed by atoms with Gasteiger partial charge in [0, 0.05) is 21.5 Å². The third-order valence-corrected chi connectivity index (χ3v) is 11.5. The van der Waals surface area contributed by atoms with Gasteiger partial charge < -0.3 is 8.83 Å². The second kappa shape index (κ2) is 11.2. The van der Waals surface area contributed by atoms with Crippen molar-refractivity contribution in [2.45, 2.75) is 0 Å². The maximum atomic E-state index is 6.82. The Morgan fingerprint density at radius 1 is 0.259 bits per heavy atom. The van der Waals surface area contributed by atoms with E-state index >= 15 is 0 Å². The van der Waals surface area contributed by atoms with Crippen LogP contribution in [-0.4, -0.2) is 0 Å². The molecule has 2 nitrogen and oxygen atoms in total. The summed E-state index contributed by atoms with van der Waals surface area (Å²) in [5, 5.41) is 14.0. The summed E-state index contributed by atoms with van der Waals surface area (Å²) >= 11 is 0. The van der Waals surface area contributed by atoms with Crippen LogP contribution in [0.5, 0.6) is 0 Å². The topological polar surface area (TPSA) is 26.3 Å². The smallest absolute Gasteiger partial charge is 0.147 e. The molecule has 2 heteroatoms. The monoisotopic (exact) mass is 686 g/mol. The lowest BCUT2D eigenvalue weighted by atomic mass is 9.84. The summed E-state index contributed by atoms with van der Waals surface area (Å²) in [4.78, 5) is 0. The van der Waals surface area contributed by atoms with Crippen LogP contribution in [0.2, 0.25) is 0 Å². The van der Waals surface area contributed by atoms with Crippen molar-refractivity contribution < 1.29 is 8.83 Å². The molecule has 0 atom stereocenters. The SMILES string of the molecule is c1ccc(-c2c3ccccc3c(-c3ccc(-c4ccc5c(c4)oc4c6ccccc6c6c7ccccc7oc6c54)c4ccccc34)c3ccccc23)cc1.